The Morgan fingerprint density at radius 2 is 1.50 bits per heavy atom. The molecule has 0 aliphatic carbocycles. The van der Waals surface area contributed by atoms with Gasteiger partial charge in [0.1, 0.15) is 28.9 Å². The van der Waals surface area contributed by atoms with Gasteiger partial charge in [-0.25, -0.2) is 13.2 Å². The van der Waals surface area contributed by atoms with E-state index in [4.69, 9.17) is 14.6 Å². The third kappa shape index (κ3) is 5.24. The maximum absolute atomic E-state index is 12.2. The van der Waals surface area contributed by atoms with Crippen molar-refractivity contribution in [2.45, 2.75) is 4.21 Å². The van der Waals surface area contributed by atoms with Gasteiger partial charge in [0, 0.05) is 5.69 Å². The molecule has 1 aromatic heterocycles. The Morgan fingerprint density at radius 3 is 2.00 bits per heavy atom. The molecule has 0 unspecified atom stereocenters. The highest BCUT2D eigenvalue weighted by Gasteiger charge is 2.14. The molecule has 3 rings (SSSR count). The van der Waals surface area contributed by atoms with E-state index in [0.29, 0.717) is 17.2 Å². The predicted octanol–water partition coefficient (Wildman–Crippen LogP) is 3.70. The number of nitrogens with one attached hydrogen (secondary N) is 1. The fraction of sp³-hybridized carbons (Fsp3) is 0.105. The summed E-state index contributed by atoms with van der Waals surface area (Å²) in [5, 5.41) is 10.6. The molecule has 0 saturated heterocycles. The number of carboxylic acid groups (broad SMARTS) is 1. The summed E-state index contributed by atoms with van der Waals surface area (Å²) in [5.41, 5.74) is 0.633. The first-order valence-electron chi connectivity index (χ1n) is 8.19. The van der Waals surface area contributed by atoms with Crippen LogP contribution in [-0.4, -0.2) is 32.7 Å². The van der Waals surface area contributed by atoms with E-state index in [0.717, 1.165) is 11.3 Å². The van der Waals surface area contributed by atoms with Crippen molar-refractivity contribution in [2.75, 3.05) is 17.9 Å². The molecule has 28 heavy (non-hydrogen) atoms. The van der Waals surface area contributed by atoms with E-state index in [-0.39, 0.29) is 23.0 Å². The average molecular weight is 419 g/mol. The molecule has 0 fully saturated rings. The van der Waals surface area contributed by atoms with Crippen molar-refractivity contribution in [3.8, 4) is 11.5 Å². The topological polar surface area (TPSA) is 102 Å². The second kappa shape index (κ2) is 8.77. The SMILES string of the molecule is O=C(O)c1ccc(OCCOc2ccc(NS(=O)(=O)c3cccs3)cc2)cc1. The molecule has 1 heterocycles. The fourth-order valence-corrected chi connectivity index (χ4v) is 4.31. The van der Waals surface area contributed by atoms with Crippen LogP contribution in [0.15, 0.2) is 70.3 Å². The highest BCUT2D eigenvalue weighted by Crippen LogP contribution is 2.22. The lowest BCUT2D eigenvalue weighted by atomic mass is 10.2. The van der Waals surface area contributed by atoms with E-state index in [2.05, 4.69) is 4.72 Å². The molecule has 0 saturated carbocycles. The smallest absolute Gasteiger partial charge is 0.335 e. The number of carboxylic acids is 1. The summed E-state index contributed by atoms with van der Waals surface area (Å²) in [7, 11) is -3.57. The van der Waals surface area contributed by atoms with Gasteiger partial charge in [0.25, 0.3) is 10.0 Å². The summed E-state index contributed by atoms with van der Waals surface area (Å²) >= 11 is 1.15. The molecule has 2 aromatic carbocycles. The number of hydrogen-bond acceptors (Lipinski definition) is 6. The van der Waals surface area contributed by atoms with Gasteiger partial charge in [0.2, 0.25) is 0 Å². The molecule has 146 valence electrons. The van der Waals surface area contributed by atoms with Crippen molar-refractivity contribution in [3.05, 3.63) is 71.6 Å². The van der Waals surface area contributed by atoms with Crippen LogP contribution in [-0.2, 0) is 10.0 Å². The van der Waals surface area contributed by atoms with Gasteiger partial charge in [-0.3, -0.25) is 4.72 Å². The number of anilines is 1. The highest BCUT2D eigenvalue weighted by molar-refractivity contribution is 7.94. The van der Waals surface area contributed by atoms with Crippen LogP contribution < -0.4 is 14.2 Å². The molecule has 0 aliphatic rings. The van der Waals surface area contributed by atoms with Gasteiger partial charge in [-0.15, -0.1) is 11.3 Å². The van der Waals surface area contributed by atoms with Gasteiger partial charge in [-0.05, 0) is 60.0 Å². The molecule has 3 aromatic rings. The summed E-state index contributed by atoms with van der Waals surface area (Å²) in [5.74, 6) is 0.131. The number of ether oxygens (including phenoxy) is 2. The maximum atomic E-state index is 12.2. The van der Waals surface area contributed by atoms with E-state index in [9.17, 15) is 13.2 Å². The van der Waals surface area contributed by atoms with Crippen molar-refractivity contribution in [1.82, 2.24) is 0 Å². The largest absolute Gasteiger partial charge is 0.490 e. The van der Waals surface area contributed by atoms with Gasteiger partial charge >= 0.3 is 5.97 Å². The second-order valence-corrected chi connectivity index (χ2v) is 8.45. The number of carbonyl (C=O) groups is 1. The van der Waals surface area contributed by atoms with Crippen molar-refractivity contribution < 1.29 is 27.8 Å². The zero-order valence-electron chi connectivity index (χ0n) is 14.6. The molecule has 0 atom stereocenters. The summed E-state index contributed by atoms with van der Waals surface area (Å²) in [4.78, 5) is 10.8. The van der Waals surface area contributed by atoms with Crippen LogP contribution in [0, 0.1) is 0 Å². The molecule has 9 heteroatoms. The van der Waals surface area contributed by atoms with Crippen molar-refractivity contribution >= 4 is 33.0 Å². The lowest BCUT2D eigenvalue weighted by molar-refractivity contribution is 0.0697. The Hall–Kier alpha value is -3.04. The van der Waals surface area contributed by atoms with E-state index in [1.165, 1.54) is 12.1 Å². The van der Waals surface area contributed by atoms with Crippen LogP contribution in [0.3, 0.4) is 0 Å². The van der Waals surface area contributed by atoms with Crippen LogP contribution >= 0.6 is 11.3 Å². The zero-order chi connectivity index (χ0) is 20.0. The van der Waals surface area contributed by atoms with Gasteiger partial charge in [0.15, 0.2) is 0 Å². The first-order chi connectivity index (χ1) is 13.4. The molecule has 0 aliphatic heterocycles. The summed E-state index contributed by atoms with van der Waals surface area (Å²) in [6.07, 6.45) is 0. The van der Waals surface area contributed by atoms with Gasteiger partial charge in [-0.1, -0.05) is 6.07 Å². The molecule has 2 N–H and O–H groups in total. The Morgan fingerprint density at radius 1 is 0.929 bits per heavy atom. The third-order valence-corrected chi connectivity index (χ3v) is 6.37. The minimum Gasteiger partial charge on any atom is -0.490 e. The van der Waals surface area contributed by atoms with Crippen LogP contribution in [0.25, 0.3) is 0 Å². The molecule has 0 spiro atoms. The first-order valence-corrected chi connectivity index (χ1v) is 10.6. The number of sulfonamides is 1. The van der Waals surface area contributed by atoms with Gasteiger partial charge in [0.05, 0.1) is 5.56 Å². The Bertz CT molecular complexity index is 1010. The fourth-order valence-electron chi connectivity index (χ4n) is 2.25. The normalized spacial score (nSPS) is 11.0. The molecular formula is C19H17NO6S2. The summed E-state index contributed by atoms with van der Waals surface area (Å²) < 4.78 is 38.1. The van der Waals surface area contributed by atoms with E-state index >= 15 is 0 Å². The van der Waals surface area contributed by atoms with Crippen molar-refractivity contribution in [2.24, 2.45) is 0 Å². The number of thiophene rings is 1. The minimum atomic E-state index is -3.57. The number of benzene rings is 2. The van der Waals surface area contributed by atoms with Crippen LogP contribution in [0.1, 0.15) is 10.4 Å². The second-order valence-electron chi connectivity index (χ2n) is 5.59. The molecule has 0 radical (unpaired) electrons. The highest BCUT2D eigenvalue weighted by atomic mass is 32.2. The van der Waals surface area contributed by atoms with Crippen molar-refractivity contribution in [1.29, 1.82) is 0 Å². The van der Waals surface area contributed by atoms with E-state index < -0.39 is 16.0 Å². The summed E-state index contributed by atoms with van der Waals surface area (Å²) in [6, 6.07) is 15.9. The molecule has 0 bridgehead atoms. The van der Waals surface area contributed by atoms with Crippen LogP contribution in [0.5, 0.6) is 11.5 Å². The Kier molecular flexibility index (Phi) is 6.17. The van der Waals surface area contributed by atoms with Crippen molar-refractivity contribution in [3.63, 3.8) is 0 Å². The minimum absolute atomic E-state index is 0.193. The molecular weight excluding hydrogens is 402 g/mol. The van der Waals surface area contributed by atoms with Gasteiger partial charge in [-0.2, -0.15) is 0 Å². The van der Waals surface area contributed by atoms with E-state index in [1.807, 2.05) is 0 Å². The lowest BCUT2D eigenvalue weighted by Crippen LogP contribution is -2.11. The predicted molar refractivity (Wildman–Crippen MR) is 106 cm³/mol. The first kappa shape index (κ1) is 19.7. The summed E-state index contributed by atoms with van der Waals surface area (Å²) in [6.45, 7) is 0.556. The standard InChI is InChI=1S/C19H17NO6S2/c21-19(22)14-3-7-16(8-4-14)25-11-12-26-17-9-5-15(6-10-17)20-28(23,24)18-2-1-13-27-18/h1-10,13,20H,11-12H2,(H,21,22). The number of aromatic carboxylic acids is 1. The van der Waals surface area contributed by atoms with Gasteiger partial charge < -0.3 is 14.6 Å². The number of hydrogen-bond donors (Lipinski definition) is 2. The zero-order valence-corrected chi connectivity index (χ0v) is 16.2. The van der Waals surface area contributed by atoms with Crippen LogP contribution in [0.2, 0.25) is 0 Å². The van der Waals surface area contributed by atoms with Crippen LogP contribution in [0.4, 0.5) is 5.69 Å². The molecule has 7 nitrogen and oxygen atoms in total. The lowest BCUT2D eigenvalue weighted by Gasteiger charge is -2.10. The third-order valence-electron chi connectivity index (χ3n) is 3.59. The maximum Gasteiger partial charge on any atom is 0.335 e. The van der Waals surface area contributed by atoms with E-state index in [1.54, 1.807) is 53.9 Å². The monoisotopic (exact) mass is 419 g/mol. The number of rotatable bonds is 9. The quantitative estimate of drug-likeness (QED) is 0.513. The average Bonchev–Trinajstić information content (AvgIpc) is 3.22. The molecule has 0 amide bonds. The Labute approximate surface area is 166 Å². The Balaban J connectivity index is 1.46.